The number of amides is 2. The zero-order chi connectivity index (χ0) is 17.4. The van der Waals surface area contributed by atoms with Gasteiger partial charge in [-0.1, -0.05) is 17.7 Å². The van der Waals surface area contributed by atoms with Crippen LogP contribution in [0.5, 0.6) is 11.5 Å². The zero-order valence-electron chi connectivity index (χ0n) is 12.8. The Labute approximate surface area is 144 Å². The van der Waals surface area contributed by atoms with E-state index in [0.717, 1.165) is 0 Å². The second-order valence-corrected chi connectivity index (χ2v) is 5.26. The van der Waals surface area contributed by atoms with Gasteiger partial charge in [0.15, 0.2) is 0 Å². The Balaban J connectivity index is 1.75. The first-order valence-electron chi connectivity index (χ1n) is 7.22. The normalized spacial score (nSPS) is 10.0. The molecule has 3 N–H and O–H groups in total. The van der Waals surface area contributed by atoms with Crippen molar-refractivity contribution < 1.29 is 19.1 Å². The van der Waals surface area contributed by atoms with Gasteiger partial charge in [-0.2, -0.15) is 0 Å². The number of primary amides is 1. The van der Waals surface area contributed by atoms with Crippen molar-refractivity contribution in [2.75, 3.05) is 19.8 Å². The van der Waals surface area contributed by atoms with Gasteiger partial charge in [-0.25, -0.2) is 0 Å². The summed E-state index contributed by atoms with van der Waals surface area (Å²) in [5, 5.41) is 3.02. The number of nitrogens with one attached hydrogen (secondary N) is 1. The topological polar surface area (TPSA) is 90.7 Å². The molecule has 0 radical (unpaired) electrons. The van der Waals surface area contributed by atoms with Crippen LogP contribution in [0.25, 0.3) is 0 Å². The number of nitrogens with two attached hydrogens (primary N) is 1. The van der Waals surface area contributed by atoms with Gasteiger partial charge in [-0.3, -0.25) is 9.59 Å². The summed E-state index contributed by atoms with van der Waals surface area (Å²) in [6.07, 6.45) is 0. The van der Waals surface area contributed by atoms with E-state index in [2.05, 4.69) is 5.32 Å². The molecule has 0 spiro atoms. The van der Waals surface area contributed by atoms with Gasteiger partial charge in [-0.15, -0.1) is 0 Å². The lowest BCUT2D eigenvalue weighted by Gasteiger charge is -2.09. The first kappa shape index (κ1) is 17.6. The van der Waals surface area contributed by atoms with Crippen LogP contribution in [-0.2, 0) is 4.79 Å². The Morgan fingerprint density at radius 3 is 2.29 bits per heavy atom. The van der Waals surface area contributed by atoms with E-state index < -0.39 is 5.91 Å². The van der Waals surface area contributed by atoms with Gasteiger partial charge in [0.1, 0.15) is 24.7 Å². The number of rotatable bonds is 8. The second kappa shape index (κ2) is 8.79. The SMILES string of the molecule is NC(=O)CNC(=O)c1ccc(OCCOc2cccc(Cl)c2)cc1. The molecule has 0 saturated heterocycles. The minimum absolute atomic E-state index is 0.197. The van der Waals surface area contributed by atoms with E-state index in [4.69, 9.17) is 26.8 Å². The molecule has 0 atom stereocenters. The predicted molar refractivity (Wildman–Crippen MR) is 90.4 cm³/mol. The molecule has 2 rings (SSSR count). The largest absolute Gasteiger partial charge is 0.490 e. The van der Waals surface area contributed by atoms with Crippen LogP contribution in [0.15, 0.2) is 48.5 Å². The van der Waals surface area contributed by atoms with E-state index >= 15 is 0 Å². The van der Waals surface area contributed by atoms with Gasteiger partial charge in [0.05, 0.1) is 6.54 Å². The molecule has 7 heteroatoms. The highest BCUT2D eigenvalue weighted by Crippen LogP contribution is 2.17. The third-order valence-corrected chi connectivity index (χ3v) is 3.19. The molecule has 0 fully saturated rings. The molecule has 0 aliphatic carbocycles. The maximum absolute atomic E-state index is 11.7. The highest BCUT2D eigenvalue weighted by atomic mass is 35.5. The zero-order valence-corrected chi connectivity index (χ0v) is 13.6. The molecular weight excluding hydrogens is 332 g/mol. The van der Waals surface area contributed by atoms with E-state index in [1.54, 1.807) is 42.5 Å². The molecule has 0 aliphatic rings. The van der Waals surface area contributed by atoms with Crippen molar-refractivity contribution in [3.8, 4) is 11.5 Å². The molecule has 6 nitrogen and oxygen atoms in total. The van der Waals surface area contributed by atoms with Crippen LogP contribution in [0.2, 0.25) is 5.02 Å². The van der Waals surface area contributed by atoms with E-state index in [1.165, 1.54) is 0 Å². The number of carbonyl (C=O) groups is 2. The van der Waals surface area contributed by atoms with Crippen molar-refractivity contribution in [2.45, 2.75) is 0 Å². The van der Waals surface area contributed by atoms with Crippen LogP contribution in [0.4, 0.5) is 0 Å². The number of hydrogen-bond acceptors (Lipinski definition) is 4. The summed E-state index contributed by atoms with van der Waals surface area (Å²) in [4.78, 5) is 22.3. The van der Waals surface area contributed by atoms with Crippen LogP contribution in [0.1, 0.15) is 10.4 Å². The molecule has 126 valence electrons. The Kier molecular flexibility index (Phi) is 6.45. The monoisotopic (exact) mass is 348 g/mol. The number of benzene rings is 2. The molecule has 2 aromatic rings. The second-order valence-electron chi connectivity index (χ2n) is 4.83. The molecule has 0 unspecified atom stereocenters. The van der Waals surface area contributed by atoms with Gasteiger partial charge in [0.25, 0.3) is 5.91 Å². The Hall–Kier alpha value is -2.73. The minimum Gasteiger partial charge on any atom is -0.490 e. The summed E-state index contributed by atoms with van der Waals surface area (Å²) in [6, 6.07) is 13.6. The van der Waals surface area contributed by atoms with Gasteiger partial charge in [0.2, 0.25) is 5.91 Å². The fourth-order valence-corrected chi connectivity index (χ4v) is 2.03. The van der Waals surface area contributed by atoms with E-state index in [1.807, 2.05) is 6.07 Å². The maximum atomic E-state index is 11.7. The van der Waals surface area contributed by atoms with Gasteiger partial charge >= 0.3 is 0 Å². The molecular formula is C17H17ClN2O4. The van der Waals surface area contributed by atoms with E-state index in [0.29, 0.717) is 35.3 Å². The fourth-order valence-electron chi connectivity index (χ4n) is 1.85. The van der Waals surface area contributed by atoms with Crippen LogP contribution in [0, 0.1) is 0 Å². The minimum atomic E-state index is -0.594. The summed E-state index contributed by atoms with van der Waals surface area (Å²) >= 11 is 5.86. The van der Waals surface area contributed by atoms with Crippen molar-refractivity contribution in [2.24, 2.45) is 5.73 Å². The summed E-state index contributed by atoms with van der Waals surface area (Å²) in [7, 11) is 0. The lowest BCUT2D eigenvalue weighted by atomic mass is 10.2. The Bertz CT molecular complexity index is 704. The van der Waals surface area contributed by atoms with Crippen LogP contribution < -0.4 is 20.5 Å². The van der Waals surface area contributed by atoms with E-state index in [9.17, 15) is 9.59 Å². The van der Waals surface area contributed by atoms with Crippen molar-refractivity contribution in [3.05, 3.63) is 59.1 Å². The van der Waals surface area contributed by atoms with Gasteiger partial charge in [0, 0.05) is 10.6 Å². The smallest absolute Gasteiger partial charge is 0.251 e. The highest BCUT2D eigenvalue weighted by Gasteiger charge is 2.06. The quantitative estimate of drug-likeness (QED) is 0.714. The number of carbonyl (C=O) groups excluding carboxylic acids is 2. The fraction of sp³-hybridized carbons (Fsp3) is 0.176. The number of halogens is 1. The lowest BCUT2D eigenvalue weighted by molar-refractivity contribution is -0.117. The summed E-state index contributed by atoms with van der Waals surface area (Å²) in [5.41, 5.74) is 5.38. The van der Waals surface area contributed by atoms with E-state index in [-0.39, 0.29) is 12.5 Å². The first-order valence-corrected chi connectivity index (χ1v) is 7.60. The molecule has 0 saturated carbocycles. The molecule has 0 aliphatic heterocycles. The molecule has 24 heavy (non-hydrogen) atoms. The van der Waals surface area contributed by atoms with Gasteiger partial charge < -0.3 is 20.5 Å². The van der Waals surface area contributed by atoms with Gasteiger partial charge in [-0.05, 0) is 42.5 Å². The molecule has 2 amide bonds. The molecule has 2 aromatic carbocycles. The molecule has 0 bridgehead atoms. The van der Waals surface area contributed by atoms with Crippen LogP contribution in [0.3, 0.4) is 0 Å². The van der Waals surface area contributed by atoms with Crippen molar-refractivity contribution >= 4 is 23.4 Å². The van der Waals surface area contributed by atoms with Crippen molar-refractivity contribution in [1.82, 2.24) is 5.32 Å². The standard InChI is InChI=1S/C17H17ClN2O4/c18-13-2-1-3-15(10-13)24-9-8-23-14-6-4-12(5-7-14)17(22)20-11-16(19)21/h1-7,10H,8-9,11H2,(H2,19,21)(H,20,22). The van der Waals surface area contributed by atoms with Crippen LogP contribution in [-0.4, -0.2) is 31.6 Å². The molecule has 0 heterocycles. The first-order chi connectivity index (χ1) is 11.5. The summed E-state index contributed by atoms with van der Waals surface area (Å²) in [5.74, 6) is 0.316. The highest BCUT2D eigenvalue weighted by molar-refractivity contribution is 6.30. The third kappa shape index (κ3) is 5.81. The summed E-state index contributed by atoms with van der Waals surface area (Å²) < 4.78 is 11.0. The predicted octanol–water partition coefficient (Wildman–Crippen LogP) is 2.01. The number of hydrogen-bond donors (Lipinski definition) is 2. The third-order valence-electron chi connectivity index (χ3n) is 2.96. The lowest BCUT2D eigenvalue weighted by Crippen LogP contribution is -2.33. The summed E-state index contributed by atoms with van der Waals surface area (Å²) in [6.45, 7) is 0.513. The Morgan fingerprint density at radius 1 is 1.00 bits per heavy atom. The van der Waals surface area contributed by atoms with Crippen molar-refractivity contribution in [3.63, 3.8) is 0 Å². The maximum Gasteiger partial charge on any atom is 0.251 e. The molecule has 0 aromatic heterocycles. The average molecular weight is 349 g/mol. The Morgan fingerprint density at radius 2 is 1.67 bits per heavy atom. The van der Waals surface area contributed by atoms with Crippen molar-refractivity contribution in [1.29, 1.82) is 0 Å². The average Bonchev–Trinajstić information content (AvgIpc) is 2.57. The van der Waals surface area contributed by atoms with Crippen LogP contribution >= 0.6 is 11.6 Å². The number of ether oxygens (including phenoxy) is 2.